The van der Waals surface area contributed by atoms with Gasteiger partial charge in [0.05, 0.1) is 10.0 Å². The van der Waals surface area contributed by atoms with Crippen molar-refractivity contribution in [2.75, 3.05) is 12.4 Å². The Morgan fingerprint density at radius 3 is 2.47 bits per heavy atom. The van der Waals surface area contributed by atoms with Gasteiger partial charge in [0.1, 0.15) is 11.6 Å². The molecule has 2 aromatic heterocycles. The Labute approximate surface area is 122 Å². The molecule has 2 rings (SSSR count). The lowest BCUT2D eigenvalue weighted by Gasteiger charge is -2.09. The molecule has 0 aliphatic heterocycles. The molecular weight excluding hydrogens is 285 g/mol. The van der Waals surface area contributed by atoms with E-state index in [0.29, 0.717) is 21.7 Å². The molecule has 7 heteroatoms. The quantitative estimate of drug-likeness (QED) is 0.942. The van der Waals surface area contributed by atoms with Gasteiger partial charge in [0.2, 0.25) is 0 Å². The van der Waals surface area contributed by atoms with Gasteiger partial charge in [-0.1, -0.05) is 37.0 Å². The predicted octanol–water partition coefficient (Wildman–Crippen LogP) is 3.14. The largest absolute Gasteiger partial charge is 0.372 e. The molecule has 0 aromatic carbocycles. The summed E-state index contributed by atoms with van der Waals surface area (Å²) in [5.41, 5.74) is 0. The van der Waals surface area contributed by atoms with Crippen LogP contribution in [-0.2, 0) is 12.8 Å². The van der Waals surface area contributed by atoms with Crippen molar-refractivity contribution in [2.45, 2.75) is 26.7 Å². The standard InChI is InChI=1S/C12H15Cl2N5/c1-4-9-16-10(5-2)19(18-9)12-8(14)6-7(13)11(15-3)17-12/h6H,4-5H2,1-3H3,(H,15,17). The molecule has 102 valence electrons. The van der Waals surface area contributed by atoms with Crippen molar-refractivity contribution in [3.8, 4) is 5.82 Å². The number of nitrogens with zero attached hydrogens (tertiary/aromatic N) is 4. The Balaban J connectivity index is 2.60. The molecule has 0 aliphatic carbocycles. The Bertz CT molecular complexity index is 594. The third-order valence-electron chi connectivity index (χ3n) is 2.70. The van der Waals surface area contributed by atoms with Crippen molar-refractivity contribution in [3.63, 3.8) is 0 Å². The average Bonchev–Trinajstić information content (AvgIpc) is 2.82. The van der Waals surface area contributed by atoms with Gasteiger partial charge in [-0.2, -0.15) is 4.68 Å². The van der Waals surface area contributed by atoms with Crippen molar-refractivity contribution >= 4 is 29.0 Å². The Kier molecular flexibility index (Phi) is 4.27. The van der Waals surface area contributed by atoms with Crippen LogP contribution >= 0.6 is 23.2 Å². The number of pyridine rings is 1. The minimum absolute atomic E-state index is 0.450. The second-order valence-electron chi connectivity index (χ2n) is 3.94. The first-order chi connectivity index (χ1) is 9.10. The van der Waals surface area contributed by atoms with E-state index in [1.807, 2.05) is 13.8 Å². The molecular formula is C12H15Cl2N5. The van der Waals surface area contributed by atoms with Crippen LogP contribution in [0.4, 0.5) is 5.82 Å². The van der Waals surface area contributed by atoms with E-state index in [1.54, 1.807) is 17.8 Å². The zero-order chi connectivity index (χ0) is 14.0. The summed E-state index contributed by atoms with van der Waals surface area (Å²) in [6.45, 7) is 4.03. The van der Waals surface area contributed by atoms with Crippen LogP contribution in [0.1, 0.15) is 25.5 Å². The van der Waals surface area contributed by atoms with Crippen LogP contribution in [-0.4, -0.2) is 26.8 Å². The molecule has 1 N–H and O–H groups in total. The number of hydrogen-bond donors (Lipinski definition) is 1. The highest BCUT2D eigenvalue weighted by molar-refractivity contribution is 6.36. The van der Waals surface area contributed by atoms with Crippen molar-refractivity contribution < 1.29 is 0 Å². The molecule has 19 heavy (non-hydrogen) atoms. The lowest BCUT2D eigenvalue weighted by molar-refractivity contribution is 0.770. The molecule has 5 nitrogen and oxygen atoms in total. The van der Waals surface area contributed by atoms with Gasteiger partial charge in [-0.15, -0.1) is 5.10 Å². The van der Waals surface area contributed by atoms with E-state index < -0.39 is 0 Å². The SMILES string of the molecule is CCc1nc(CC)n(-c2nc(NC)c(Cl)cc2Cl)n1. The molecule has 0 radical (unpaired) electrons. The van der Waals surface area contributed by atoms with Crippen LogP contribution in [0, 0.1) is 0 Å². The molecule has 2 heterocycles. The summed E-state index contributed by atoms with van der Waals surface area (Å²) in [7, 11) is 1.76. The minimum atomic E-state index is 0.450. The van der Waals surface area contributed by atoms with E-state index in [1.165, 1.54) is 0 Å². The fourth-order valence-electron chi connectivity index (χ4n) is 1.72. The number of aryl methyl sites for hydroxylation is 2. The van der Waals surface area contributed by atoms with E-state index in [9.17, 15) is 0 Å². The van der Waals surface area contributed by atoms with Crippen LogP contribution in [0.15, 0.2) is 6.07 Å². The molecule has 0 saturated heterocycles. The molecule has 0 saturated carbocycles. The summed E-state index contributed by atoms with van der Waals surface area (Å²) < 4.78 is 1.68. The van der Waals surface area contributed by atoms with Gasteiger partial charge < -0.3 is 5.32 Å². The zero-order valence-electron chi connectivity index (χ0n) is 11.0. The van der Waals surface area contributed by atoms with Crippen molar-refractivity contribution in [2.24, 2.45) is 0 Å². The first kappa shape index (κ1) is 14.1. The van der Waals surface area contributed by atoms with Crippen molar-refractivity contribution in [1.82, 2.24) is 19.7 Å². The molecule has 0 aliphatic rings. The first-order valence-corrected chi connectivity index (χ1v) is 6.85. The van der Waals surface area contributed by atoms with Crippen LogP contribution in [0.2, 0.25) is 10.0 Å². The summed E-state index contributed by atoms with van der Waals surface area (Å²) in [6.07, 6.45) is 1.52. The van der Waals surface area contributed by atoms with E-state index in [0.717, 1.165) is 24.5 Å². The van der Waals surface area contributed by atoms with E-state index in [-0.39, 0.29) is 0 Å². The third-order valence-corrected chi connectivity index (χ3v) is 3.27. The summed E-state index contributed by atoms with van der Waals surface area (Å²) in [5, 5.41) is 8.28. The number of aromatic nitrogens is 4. The topological polar surface area (TPSA) is 55.6 Å². The monoisotopic (exact) mass is 299 g/mol. The number of rotatable bonds is 4. The average molecular weight is 300 g/mol. The van der Waals surface area contributed by atoms with Gasteiger partial charge in [-0.3, -0.25) is 0 Å². The van der Waals surface area contributed by atoms with Crippen LogP contribution in [0.25, 0.3) is 5.82 Å². The van der Waals surface area contributed by atoms with Gasteiger partial charge in [0, 0.05) is 19.9 Å². The molecule has 0 unspecified atom stereocenters. The molecule has 2 aromatic rings. The Morgan fingerprint density at radius 1 is 1.16 bits per heavy atom. The summed E-state index contributed by atoms with van der Waals surface area (Å²) in [6, 6.07) is 1.66. The molecule has 0 atom stereocenters. The van der Waals surface area contributed by atoms with E-state index >= 15 is 0 Å². The second-order valence-corrected chi connectivity index (χ2v) is 4.75. The van der Waals surface area contributed by atoms with Gasteiger partial charge in [-0.05, 0) is 6.07 Å². The molecule has 0 spiro atoms. The highest BCUT2D eigenvalue weighted by Gasteiger charge is 2.15. The van der Waals surface area contributed by atoms with Gasteiger partial charge in [0.25, 0.3) is 0 Å². The smallest absolute Gasteiger partial charge is 0.176 e. The number of hydrogen-bond acceptors (Lipinski definition) is 4. The predicted molar refractivity (Wildman–Crippen MR) is 77.5 cm³/mol. The Hall–Kier alpha value is -1.33. The number of halogens is 2. The normalized spacial score (nSPS) is 10.8. The maximum Gasteiger partial charge on any atom is 0.176 e. The molecule has 0 bridgehead atoms. The highest BCUT2D eigenvalue weighted by Crippen LogP contribution is 2.28. The molecule has 0 amide bonds. The van der Waals surface area contributed by atoms with Crippen molar-refractivity contribution in [1.29, 1.82) is 0 Å². The first-order valence-electron chi connectivity index (χ1n) is 6.09. The zero-order valence-corrected chi connectivity index (χ0v) is 12.5. The summed E-state index contributed by atoms with van der Waals surface area (Å²) in [5.74, 6) is 2.71. The molecule has 0 fully saturated rings. The van der Waals surface area contributed by atoms with Crippen LogP contribution in [0.3, 0.4) is 0 Å². The van der Waals surface area contributed by atoms with E-state index in [2.05, 4.69) is 20.4 Å². The number of nitrogens with one attached hydrogen (secondary N) is 1. The van der Waals surface area contributed by atoms with Crippen molar-refractivity contribution in [3.05, 3.63) is 27.8 Å². The van der Waals surface area contributed by atoms with Crippen LogP contribution in [0.5, 0.6) is 0 Å². The summed E-state index contributed by atoms with van der Waals surface area (Å²) >= 11 is 12.3. The number of anilines is 1. The van der Waals surface area contributed by atoms with Gasteiger partial charge in [-0.25, -0.2) is 9.97 Å². The lowest BCUT2D eigenvalue weighted by Crippen LogP contribution is -2.07. The maximum atomic E-state index is 6.21. The highest BCUT2D eigenvalue weighted by atomic mass is 35.5. The maximum absolute atomic E-state index is 6.21. The van der Waals surface area contributed by atoms with Crippen LogP contribution < -0.4 is 5.32 Å². The third kappa shape index (κ3) is 2.67. The lowest BCUT2D eigenvalue weighted by atomic mass is 10.4. The van der Waals surface area contributed by atoms with E-state index in [4.69, 9.17) is 23.2 Å². The Morgan fingerprint density at radius 2 is 1.89 bits per heavy atom. The fourth-order valence-corrected chi connectivity index (χ4v) is 2.25. The summed E-state index contributed by atoms with van der Waals surface area (Å²) in [4.78, 5) is 8.84. The minimum Gasteiger partial charge on any atom is -0.372 e. The van der Waals surface area contributed by atoms with Gasteiger partial charge in [0.15, 0.2) is 11.6 Å². The second kappa shape index (κ2) is 5.75. The van der Waals surface area contributed by atoms with Gasteiger partial charge >= 0.3 is 0 Å². The fraction of sp³-hybridized carbons (Fsp3) is 0.417.